The topological polar surface area (TPSA) is 76.7 Å². The van der Waals surface area contributed by atoms with E-state index in [-0.39, 0.29) is 12.5 Å². The molecule has 2 aromatic rings. The Bertz CT molecular complexity index is 581. The van der Waals surface area contributed by atoms with Crippen LogP contribution in [0.25, 0.3) is 0 Å². The van der Waals surface area contributed by atoms with E-state index in [1.54, 1.807) is 4.57 Å². The molecule has 2 heterocycles. The van der Waals surface area contributed by atoms with Crippen molar-refractivity contribution in [1.82, 2.24) is 24.7 Å². The van der Waals surface area contributed by atoms with E-state index in [0.29, 0.717) is 11.0 Å². The minimum Gasteiger partial charge on any atom is -0.388 e. The van der Waals surface area contributed by atoms with Gasteiger partial charge in [-0.1, -0.05) is 13.8 Å². The summed E-state index contributed by atoms with van der Waals surface area (Å²) in [5.74, 6) is 1.65. The van der Waals surface area contributed by atoms with Gasteiger partial charge in [-0.15, -0.1) is 10.2 Å². The number of aliphatic hydroxyl groups is 1. The molecule has 0 aliphatic heterocycles. The highest BCUT2D eigenvalue weighted by Gasteiger charge is 2.12. The van der Waals surface area contributed by atoms with E-state index in [1.165, 1.54) is 11.8 Å². The molecule has 2 rings (SSSR count). The highest BCUT2D eigenvalue weighted by atomic mass is 32.2. The maximum absolute atomic E-state index is 9.10. The molecule has 0 unspecified atom stereocenters. The molecular formula is C12H17N5OS. The molecule has 7 heteroatoms. The lowest BCUT2D eigenvalue weighted by Gasteiger charge is -2.07. The smallest absolute Gasteiger partial charge is 0.197 e. The first kappa shape index (κ1) is 14.0. The van der Waals surface area contributed by atoms with Crippen LogP contribution in [0.4, 0.5) is 0 Å². The van der Waals surface area contributed by atoms with Crippen LogP contribution in [0, 0.1) is 6.92 Å². The van der Waals surface area contributed by atoms with Crippen LogP contribution in [-0.2, 0) is 13.7 Å². The van der Waals surface area contributed by atoms with E-state index in [2.05, 4.69) is 34.0 Å². The first-order valence-electron chi connectivity index (χ1n) is 6.03. The molecule has 19 heavy (non-hydrogen) atoms. The van der Waals surface area contributed by atoms with Gasteiger partial charge in [0.15, 0.2) is 11.0 Å². The average molecular weight is 279 g/mol. The first-order valence-corrected chi connectivity index (χ1v) is 6.85. The van der Waals surface area contributed by atoms with E-state index in [1.807, 2.05) is 20.0 Å². The van der Waals surface area contributed by atoms with Crippen LogP contribution >= 0.6 is 11.8 Å². The van der Waals surface area contributed by atoms with Gasteiger partial charge >= 0.3 is 0 Å². The SMILES string of the molecule is Cc1cc(Sc2nnc(CO)n2C)nc(C(C)C)n1. The van der Waals surface area contributed by atoms with Gasteiger partial charge < -0.3 is 9.67 Å². The molecule has 0 aliphatic carbocycles. The average Bonchev–Trinajstić information content (AvgIpc) is 2.70. The van der Waals surface area contributed by atoms with Crippen molar-refractivity contribution in [1.29, 1.82) is 0 Å². The molecule has 0 atom stereocenters. The number of aromatic nitrogens is 5. The van der Waals surface area contributed by atoms with Gasteiger partial charge in [-0.3, -0.25) is 0 Å². The van der Waals surface area contributed by atoms with E-state index in [0.717, 1.165) is 16.5 Å². The summed E-state index contributed by atoms with van der Waals surface area (Å²) in [4.78, 5) is 8.92. The molecule has 0 spiro atoms. The maximum atomic E-state index is 9.10. The maximum Gasteiger partial charge on any atom is 0.197 e. The van der Waals surface area contributed by atoms with Gasteiger partial charge in [-0.2, -0.15) is 0 Å². The molecule has 0 saturated carbocycles. The van der Waals surface area contributed by atoms with Crippen molar-refractivity contribution in [2.45, 2.75) is 43.5 Å². The van der Waals surface area contributed by atoms with Crippen molar-refractivity contribution in [3.63, 3.8) is 0 Å². The van der Waals surface area contributed by atoms with Crippen LogP contribution in [0.3, 0.4) is 0 Å². The molecule has 1 N–H and O–H groups in total. The van der Waals surface area contributed by atoms with Crippen molar-refractivity contribution >= 4 is 11.8 Å². The fraction of sp³-hybridized carbons (Fsp3) is 0.500. The molecule has 0 aromatic carbocycles. The highest BCUT2D eigenvalue weighted by molar-refractivity contribution is 7.99. The Morgan fingerprint density at radius 2 is 2.05 bits per heavy atom. The summed E-state index contributed by atoms with van der Waals surface area (Å²) in [6.07, 6.45) is 0. The van der Waals surface area contributed by atoms with E-state index >= 15 is 0 Å². The van der Waals surface area contributed by atoms with Gasteiger partial charge in [-0.05, 0) is 24.8 Å². The molecule has 0 bridgehead atoms. The van der Waals surface area contributed by atoms with Gasteiger partial charge in [-0.25, -0.2) is 9.97 Å². The summed E-state index contributed by atoms with van der Waals surface area (Å²) in [6.45, 7) is 5.96. The van der Waals surface area contributed by atoms with Crippen LogP contribution in [0.15, 0.2) is 16.2 Å². The Kier molecular flexibility index (Phi) is 4.16. The van der Waals surface area contributed by atoms with Gasteiger partial charge in [0.2, 0.25) is 0 Å². The summed E-state index contributed by atoms with van der Waals surface area (Å²) in [7, 11) is 1.82. The van der Waals surface area contributed by atoms with E-state index in [9.17, 15) is 0 Å². The third-order valence-electron chi connectivity index (χ3n) is 2.63. The number of aliphatic hydroxyl groups excluding tert-OH is 1. The number of nitrogens with zero attached hydrogens (tertiary/aromatic N) is 5. The minimum absolute atomic E-state index is 0.121. The quantitative estimate of drug-likeness (QED) is 0.858. The second-order valence-electron chi connectivity index (χ2n) is 4.58. The van der Waals surface area contributed by atoms with Crippen molar-refractivity contribution < 1.29 is 5.11 Å². The standard InChI is InChI=1S/C12H17N5OS/c1-7(2)11-13-8(3)5-10(14-11)19-12-16-15-9(6-18)17(12)4/h5,7,18H,6H2,1-4H3. The lowest BCUT2D eigenvalue weighted by Crippen LogP contribution is -2.02. The zero-order valence-corrected chi connectivity index (χ0v) is 12.3. The number of hydrogen-bond donors (Lipinski definition) is 1. The third-order valence-corrected chi connectivity index (χ3v) is 3.58. The predicted molar refractivity (Wildman–Crippen MR) is 71.9 cm³/mol. The summed E-state index contributed by atoms with van der Waals surface area (Å²) < 4.78 is 1.76. The minimum atomic E-state index is -0.121. The van der Waals surface area contributed by atoms with Gasteiger partial charge in [0.1, 0.15) is 17.5 Å². The summed E-state index contributed by atoms with van der Waals surface area (Å²) in [6, 6.07) is 1.92. The molecule has 102 valence electrons. The van der Waals surface area contributed by atoms with Crippen molar-refractivity contribution in [3.05, 3.63) is 23.4 Å². The van der Waals surface area contributed by atoms with Gasteiger partial charge in [0, 0.05) is 18.7 Å². The van der Waals surface area contributed by atoms with Crippen LogP contribution in [0.1, 0.15) is 37.1 Å². The lowest BCUT2D eigenvalue weighted by atomic mass is 10.2. The number of hydrogen-bond acceptors (Lipinski definition) is 6. The zero-order valence-electron chi connectivity index (χ0n) is 11.5. The largest absolute Gasteiger partial charge is 0.388 e. The van der Waals surface area contributed by atoms with Gasteiger partial charge in [0.05, 0.1) is 0 Å². The van der Waals surface area contributed by atoms with Crippen molar-refractivity contribution in [2.24, 2.45) is 7.05 Å². The van der Waals surface area contributed by atoms with Gasteiger partial charge in [0.25, 0.3) is 0 Å². The zero-order chi connectivity index (χ0) is 14.0. The predicted octanol–water partition coefficient (Wildman–Crippen LogP) is 1.68. The number of rotatable bonds is 4. The third kappa shape index (κ3) is 3.10. The lowest BCUT2D eigenvalue weighted by molar-refractivity contribution is 0.266. The van der Waals surface area contributed by atoms with Crippen molar-refractivity contribution in [2.75, 3.05) is 0 Å². The monoisotopic (exact) mass is 279 g/mol. The molecule has 2 aromatic heterocycles. The Morgan fingerprint density at radius 3 is 2.63 bits per heavy atom. The summed E-state index contributed by atoms with van der Waals surface area (Å²) in [5, 5.41) is 18.6. The second-order valence-corrected chi connectivity index (χ2v) is 5.57. The summed E-state index contributed by atoms with van der Waals surface area (Å²) >= 11 is 1.42. The number of aryl methyl sites for hydroxylation is 1. The van der Waals surface area contributed by atoms with Crippen LogP contribution < -0.4 is 0 Å². The first-order chi connectivity index (χ1) is 9.01. The van der Waals surface area contributed by atoms with E-state index in [4.69, 9.17) is 5.11 Å². The Labute approximate surface area is 116 Å². The Morgan fingerprint density at radius 1 is 1.32 bits per heavy atom. The molecule has 6 nitrogen and oxygen atoms in total. The molecular weight excluding hydrogens is 262 g/mol. The molecule has 0 radical (unpaired) electrons. The molecule has 0 amide bonds. The summed E-state index contributed by atoms with van der Waals surface area (Å²) in [5.41, 5.74) is 0.936. The van der Waals surface area contributed by atoms with Crippen LogP contribution in [0.5, 0.6) is 0 Å². The van der Waals surface area contributed by atoms with Crippen molar-refractivity contribution in [3.8, 4) is 0 Å². The Balaban J connectivity index is 2.30. The second kappa shape index (κ2) is 5.66. The van der Waals surface area contributed by atoms with E-state index < -0.39 is 0 Å². The Hall–Kier alpha value is -1.47. The normalized spacial score (nSPS) is 11.3. The van der Waals surface area contributed by atoms with Crippen LogP contribution in [0.2, 0.25) is 0 Å². The fourth-order valence-electron chi connectivity index (χ4n) is 1.54. The highest BCUT2D eigenvalue weighted by Crippen LogP contribution is 2.26. The molecule has 0 aliphatic rings. The fourth-order valence-corrected chi connectivity index (χ4v) is 2.42. The van der Waals surface area contributed by atoms with Crippen LogP contribution in [-0.4, -0.2) is 29.8 Å². The molecule has 0 fully saturated rings. The molecule has 0 saturated heterocycles.